The van der Waals surface area contributed by atoms with E-state index in [1.165, 1.54) is 5.56 Å². The van der Waals surface area contributed by atoms with Crippen LogP contribution in [0, 0.1) is 0 Å². The number of hydrogen-bond acceptors (Lipinski definition) is 1. The number of allylic oxidation sites excluding steroid dienone is 1. The average molecular weight is 159 g/mol. The van der Waals surface area contributed by atoms with Crippen molar-refractivity contribution in [2.45, 2.75) is 6.92 Å². The molecule has 1 rings (SSSR count). The van der Waals surface area contributed by atoms with Crippen LogP contribution in [-0.2, 0) is 0 Å². The first kappa shape index (κ1) is 8.60. The Morgan fingerprint density at radius 2 is 1.67 bits per heavy atom. The van der Waals surface area contributed by atoms with Gasteiger partial charge in [0.25, 0.3) is 0 Å². The summed E-state index contributed by atoms with van der Waals surface area (Å²) >= 11 is 0. The third kappa shape index (κ3) is 1.99. The molecular weight excluding hydrogens is 146 g/mol. The molecule has 1 heteroatoms. The first-order valence-corrected chi connectivity index (χ1v) is 3.98. The van der Waals surface area contributed by atoms with Crippen LogP contribution in [0.5, 0.6) is 0 Å². The van der Waals surface area contributed by atoms with Gasteiger partial charge in [0, 0.05) is 0 Å². The highest BCUT2D eigenvalue weighted by Crippen LogP contribution is 2.11. The Bertz CT molecular complexity index is 267. The van der Waals surface area contributed by atoms with E-state index in [9.17, 15) is 0 Å². The second-order valence-corrected chi connectivity index (χ2v) is 2.49. The molecular formula is C11H13N. The lowest BCUT2D eigenvalue weighted by atomic mass is 10.1. The molecule has 0 aliphatic rings. The predicted molar refractivity (Wildman–Crippen MR) is 54.4 cm³/mol. The van der Waals surface area contributed by atoms with Crippen molar-refractivity contribution >= 4 is 12.2 Å². The lowest BCUT2D eigenvalue weighted by Gasteiger charge is -1.98. The molecule has 1 aromatic rings. The van der Waals surface area contributed by atoms with Crippen molar-refractivity contribution in [2.24, 2.45) is 5.73 Å². The van der Waals surface area contributed by atoms with Crippen LogP contribution in [0.4, 0.5) is 0 Å². The van der Waals surface area contributed by atoms with Gasteiger partial charge in [-0.15, -0.1) is 0 Å². The fourth-order valence-corrected chi connectivity index (χ4v) is 1.10. The second-order valence-electron chi connectivity index (χ2n) is 2.49. The molecule has 62 valence electrons. The maximum atomic E-state index is 5.32. The van der Waals surface area contributed by atoms with E-state index in [1.54, 1.807) is 6.20 Å². The summed E-state index contributed by atoms with van der Waals surface area (Å²) in [5, 5.41) is 0. The quantitative estimate of drug-likeness (QED) is 0.705. The average Bonchev–Trinajstić information content (AvgIpc) is 2.09. The van der Waals surface area contributed by atoms with E-state index in [0.717, 1.165) is 5.56 Å². The van der Waals surface area contributed by atoms with E-state index in [1.807, 2.05) is 37.3 Å². The topological polar surface area (TPSA) is 26.0 Å². The van der Waals surface area contributed by atoms with Gasteiger partial charge in [0.2, 0.25) is 0 Å². The van der Waals surface area contributed by atoms with E-state index in [-0.39, 0.29) is 0 Å². The third-order valence-corrected chi connectivity index (χ3v) is 1.62. The van der Waals surface area contributed by atoms with E-state index in [4.69, 9.17) is 5.73 Å². The van der Waals surface area contributed by atoms with Crippen molar-refractivity contribution in [3.8, 4) is 0 Å². The lowest BCUT2D eigenvalue weighted by molar-refractivity contribution is 1.57. The van der Waals surface area contributed by atoms with Crippen molar-refractivity contribution in [1.82, 2.24) is 0 Å². The van der Waals surface area contributed by atoms with Gasteiger partial charge >= 0.3 is 0 Å². The Hall–Kier alpha value is -1.50. The normalized spacial score (nSPS) is 11.4. The fraction of sp³-hybridized carbons (Fsp3) is 0.0909. The van der Waals surface area contributed by atoms with Crippen LogP contribution in [0.3, 0.4) is 0 Å². The Morgan fingerprint density at radius 1 is 1.08 bits per heavy atom. The maximum absolute atomic E-state index is 5.32. The Labute approximate surface area is 73.2 Å². The Balaban J connectivity index is 3.08. The summed E-state index contributed by atoms with van der Waals surface area (Å²) in [4.78, 5) is 0. The minimum absolute atomic E-state index is 1.15. The standard InChI is InChI=1S/C11H13N/c1-2-5-10-6-3-4-7-11(10)8-9-12/h2-9H,12H2,1H3/b5-2+,9-8+. The van der Waals surface area contributed by atoms with Crippen molar-refractivity contribution in [3.63, 3.8) is 0 Å². The van der Waals surface area contributed by atoms with Gasteiger partial charge in [0.05, 0.1) is 0 Å². The highest BCUT2D eigenvalue weighted by atomic mass is 14.5. The third-order valence-electron chi connectivity index (χ3n) is 1.62. The molecule has 1 nitrogen and oxygen atoms in total. The summed E-state index contributed by atoms with van der Waals surface area (Å²) in [5.41, 5.74) is 7.67. The number of rotatable bonds is 2. The Kier molecular flexibility index (Phi) is 3.15. The Morgan fingerprint density at radius 3 is 2.17 bits per heavy atom. The predicted octanol–water partition coefficient (Wildman–Crippen LogP) is 2.65. The number of nitrogens with two attached hydrogens (primary N) is 1. The monoisotopic (exact) mass is 159 g/mol. The molecule has 2 N–H and O–H groups in total. The molecule has 0 saturated carbocycles. The minimum atomic E-state index is 1.15. The molecule has 0 atom stereocenters. The molecule has 0 heterocycles. The zero-order valence-corrected chi connectivity index (χ0v) is 7.20. The van der Waals surface area contributed by atoms with Crippen molar-refractivity contribution < 1.29 is 0 Å². The van der Waals surface area contributed by atoms with Gasteiger partial charge in [-0.2, -0.15) is 0 Å². The summed E-state index contributed by atoms with van der Waals surface area (Å²) in [6, 6.07) is 8.12. The van der Waals surface area contributed by atoms with E-state index >= 15 is 0 Å². The van der Waals surface area contributed by atoms with Gasteiger partial charge in [-0.25, -0.2) is 0 Å². The minimum Gasteiger partial charge on any atom is -0.405 e. The van der Waals surface area contributed by atoms with Crippen LogP contribution >= 0.6 is 0 Å². The first-order chi connectivity index (χ1) is 5.88. The molecule has 0 aliphatic carbocycles. The van der Waals surface area contributed by atoms with Gasteiger partial charge in [-0.1, -0.05) is 36.4 Å². The van der Waals surface area contributed by atoms with Crippen LogP contribution in [0.2, 0.25) is 0 Å². The van der Waals surface area contributed by atoms with Gasteiger partial charge in [0.1, 0.15) is 0 Å². The summed E-state index contributed by atoms with van der Waals surface area (Å²) in [6.07, 6.45) is 7.54. The lowest BCUT2D eigenvalue weighted by Crippen LogP contribution is -1.81. The maximum Gasteiger partial charge on any atom is -0.00561 e. The van der Waals surface area contributed by atoms with Gasteiger partial charge < -0.3 is 5.73 Å². The summed E-state index contributed by atoms with van der Waals surface area (Å²) in [6.45, 7) is 2.00. The van der Waals surface area contributed by atoms with Crippen LogP contribution in [0.1, 0.15) is 18.1 Å². The van der Waals surface area contributed by atoms with Gasteiger partial charge in [0.15, 0.2) is 0 Å². The summed E-state index contributed by atoms with van der Waals surface area (Å²) in [7, 11) is 0. The smallest absolute Gasteiger partial charge is 0.00561 e. The van der Waals surface area contributed by atoms with Crippen LogP contribution < -0.4 is 5.73 Å². The van der Waals surface area contributed by atoms with Crippen molar-refractivity contribution in [1.29, 1.82) is 0 Å². The van der Waals surface area contributed by atoms with Crippen molar-refractivity contribution in [3.05, 3.63) is 47.7 Å². The molecule has 12 heavy (non-hydrogen) atoms. The fourth-order valence-electron chi connectivity index (χ4n) is 1.10. The largest absolute Gasteiger partial charge is 0.405 e. The molecule has 0 aromatic heterocycles. The second kappa shape index (κ2) is 4.39. The highest BCUT2D eigenvalue weighted by molar-refractivity contribution is 5.64. The first-order valence-electron chi connectivity index (χ1n) is 3.98. The summed E-state index contributed by atoms with van der Waals surface area (Å²) < 4.78 is 0. The van der Waals surface area contributed by atoms with Gasteiger partial charge in [-0.05, 0) is 30.3 Å². The zero-order valence-electron chi connectivity index (χ0n) is 7.20. The molecule has 0 bridgehead atoms. The molecule has 0 spiro atoms. The van der Waals surface area contributed by atoms with E-state index < -0.39 is 0 Å². The molecule has 0 saturated heterocycles. The molecule has 1 aromatic carbocycles. The SMILES string of the molecule is C/C=C/c1ccccc1/C=C/N. The molecule has 0 aliphatic heterocycles. The van der Waals surface area contributed by atoms with Crippen LogP contribution in [0.25, 0.3) is 12.2 Å². The van der Waals surface area contributed by atoms with Gasteiger partial charge in [-0.3, -0.25) is 0 Å². The summed E-state index contributed by atoms with van der Waals surface area (Å²) in [5.74, 6) is 0. The molecule has 0 amide bonds. The molecule has 0 radical (unpaired) electrons. The van der Waals surface area contributed by atoms with Crippen molar-refractivity contribution in [2.75, 3.05) is 0 Å². The zero-order chi connectivity index (χ0) is 8.81. The molecule has 0 unspecified atom stereocenters. The molecule has 0 fully saturated rings. The van der Waals surface area contributed by atoms with Crippen LogP contribution in [0.15, 0.2) is 36.5 Å². The van der Waals surface area contributed by atoms with Crippen LogP contribution in [-0.4, -0.2) is 0 Å². The highest BCUT2D eigenvalue weighted by Gasteiger charge is 1.91. The number of benzene rings is 1. The van der Waals surface area contributed by atoms with E-state index in [2.05, 4.69) is 12.1 Å². The number of hydrogen-bond donors (Lipinski definition) is 1. The van der Waals surface area contributed by atoms with E-state index in [0.29, 0.717) is 0 Å².